The van der Waals surface area contributed by atoms with Gasteiger partial charge in [-0.3, -0.25) is 0 Å². The normalized spacial score (nSPS) is 13.2. The number of hydrogen-bond acceptors (Lipinski definition) is 5. The van der Waals surface area contributed by atoms with Gasteiger partial charge >= 0.3 is 8.80 Å². The molecule has 0 spiro atoms. The van der Waals surface area contributed by atoms with Crippen LogP contribution in [0.5, 0.6) is 0 Å². The van der Waals surface area contributed by atoms with Crippen LogP contribution in [0.25, 0.3) is 0 Å². The molecule has 0 fully saturated rings. The lowest BCUT2D eigenvalue weighted by molar-refractivity contribution is 0.117. The molecule has 92 valence electrons. The summed E-state index contributed by atoms with van der Waals surface area (Å²) in [7, 11) is 0.641. The van der Waals surface area contributed by atoms with Crippen LogP contribution in [0.15, 0.2) is 0 Å². The van der Waals surface area contributed by atoms with Gasteiger partial charge in [-0.15, -0.1) is 0 Å². The van der Waals surface area contributed by atoms with Crippen molar-refractivity contribution in [2.45, 2.75) is 19.1 Å². The molecule has 0 unspecified atom stereocenters. The standard InChI is InChI=1S/C7H22O5Si3/c1-8-15(9-2,10-3)7-6-11-13-12-14(4)5/h14H,6-7,13H2,1-5H3. The van der Waals surface area contributed by atoms with Crippen molar-refractivity contribution in [2.24, 2.45) is 0 Å². The molecule has 8 heteroatoms. The molecule has 0 aromatic rings. The molecule has 0 saturated heterocycles. The second kappa shape index (κ2) is 8.59. The van der Waals surface area contributed by atoms with Gasteiger partial charge in [0.25, 0.3) is 10.0 Å². The van der Waals surface area contributed by atoms with Gasteiger partial charge in [0.1, 0.15) is 0 Å². The summed E-state index contributed by atoms with van der Waals surface area (Å²) >= 11 is 0. The molecule has 0 atom stereocenters. The molecule has 0 aliphatic heterocycles. The maximum atomic E-state index is 5.51. The van der Waals surface area contributed by atoms with Crippen molar-refractivity contribution in [3.8, 4) is 0 Å². The highest BCUT2D eigenvalue weighted by Crippen LogP contribution is 2.11. The molecule has 0 heterocycles. The predicted octanol–water partition coefficient (Wildman–Crippen LogP) is -0.120. The second-order valence-electron chi connectivity index (χ2n) is 3.29. The Morgan fingerprint density at radius 3 is 2.00 bits per heavy atom. The summed E-state index contributed by atoms with van der Waals surface area (Å²) < 4.78 is 26.7. The van der Waals surface area contributed by atoms with Crippen LogP contribution in [0.3, 0.4) is 0 Å². The van der Waals surface area contributed by atoms with E-state index in [2.05, 4.69) is 13.1 Å². The summed E-state index contributed by atoms with van der Waals surface area (Å²) in [5.41, 5.74) is 0. The van der Waals surface area contributed by atoms with Crippen molar-refractivity contribution in [1.82, 2.24) is 0 Å². The van der Waals surface area contributed by atoms with Gasteiger partial charge in [-0.05, 0) is 13.1 Å². The van der Waals surface area contributed by atoms with Crippen LogP contribution in [0.2, 0.25) is 19.1 Å². The fourth-order valence-electron chi connectivity index (χ4n) is 0.996. The monoisotopic (exact) mass is 270 g/mol. The van der Waals surface area contributed by atoms with Crippen LogP contribution < -0.4 is 0 Å². The molecule has 5 nitrogen and oxygen atoms in total. The highest BCUT2D eigenvalue weighted by atomic mass is 28.4. The predicted molar refractivity (Wildman–Crippen MR) is 66.0 cm³/mol. The lowest BCUT2D eigenvalue weighted by atomic mass is 10.9. The highest BCUT2D eigenvalue weighted by molar-refractivity contribution is 6.60. The zero-order chi connectivity index (χ0) is 11.7. The molecule has 0 radical (unpaired) electrons. The summed E-state index contributed by atoms with van der Waals surface area (Å²) in [5, 5.41) is 0. The molecule has 15 heavy (non-hydrogen) atoms. The molecule has 0 aliphatic carbocycles. The smallest absolute Gasteiger partial charge is 0.443 e. The van der Waals surface area contributed by atoms with Gasteiger partial charge in [0.15, 0.2) is 9.04 Å². The van der Waals surface area contributed by atoms with Gasteiger partial charge in [-0.1, -0.05) is 0 Å². The van der Waals surface area contributed by atoms with Crippen LogP contribution in [-0.2, 0) is 21.8 Å². The maximum absolute atomic E-state index is 5.51. The Morgan fingerprint density at radius 1 is 1.07 bits per heavy atom. The number of rotatable bonds is 9. The molecule has 0 amide bonds. The van der Waals surface area contributed by atoms with Gasteiger partial charge < -0.3 is 21.8 Å². The molecule has 0 saturated carbocycles. The fraction of sp³-hybridized carbons (Fsp3) is 1.00. The molecular weight excluding hydrogens is 248 g/mol. The Morgan fingerprint density at radius 2 is 1.60 bits per heavy atom. The topological polar surface area (TPSA) is 46.2 Å². The molecular formula is C7H22O5Si3. The van der Waals surface area contributed by atoms with Crippen LogP contribution in [0.4, 0.5) is 0 Å². The van der Waals surface area contributed by atoms with E-state index in [0.29, 0.717) is 12.7 Å². The van der Waals surface area contributed by atoms with Gasteiger partial charge in [-0.2, -0.15) is 0 Å². The molecule has 0 aliphatic rings. The Kier molecular flexibility index (Phi) is 8.84. The van der Waals surface area contributed by atoms with E-state index in [-0.39, 0.29) is 0 Å². The van der Waals surface area contributed by atoms with Crippen molar-refractivity contribution < 1.29 is 21.8 Å². The van der Waals surface area contributed by atoms with Crippen LogP contribution in [0, 0.1) is 0 Å². The first kappa shape index (κ1) is 15.5. The van der Waals surface area contributed by atoms with E-state index >= 15 is 0 Å². The van der Waals surface area contributed by atoms with Crippen molar-refractivity contribution in [1.29, 1.82) is 0 Å². The molecule has 0 bridgehead atoms. The van der Waals surface area contributed by atoms with E-state index in [1.165, 1.54) is 0 Å². The van der Waals surface area contributed by atoms with Crippen LogP contribution in [0.1, 0.15) is 0 Å². The first-order chi connectivity index (χ1) is 7.10. The van der Waals surface area contributed by atoms with Crippen molar-refractivity contribution in [3.05, 3.63) is 0 Å². The fourth-order valence-corrected chi connectivity index (χ4v) is 4.53. The van der Waals surface area contributed by atoms with Gasteiger partial charge in [0, 0.05) is 34.0 Å². The SMILES string of the molecule is CO[Si](CCO[SiH2]O[SiH](C)C)(OC)OC. The summed E-state index contributed by atoms with van der Waals surface area (Å²) in [6.07, 6.45) is 0. The second-order valence-corrected chi connectivity index (χ2v) is 10.5. The number of hydrogen-bond donors (Lipinski definition) is 0. The van der Waals surface area contributed by atoms with Gasteiger partial charge in [-0.25, -0.2) is 0 Å². The third-order valence-electron chi connectivity index (χ3n) is 1.97. The molecule has 0 aromatic carbocycles. The zero-order valence-corrected chi connectivity index (χ0v) is 13.8. The Bertz CT molecular complexity index is 145. The minimum atomic E-state index is -2.44. The van der Waals surface area contributed by atoms with E-state index in [1.807, 2.05) is 0 Å². The van der Waals surface area contributed by atoms with E-state index in [9.17, 15) is 0 Å². The average Bonchev–Trinajstić information content (AvgIpc) is 2.24. The van der Waals surface area contributed by atoms with E-state index in [1.54, 1.807) is 21.3 Å². The Labute approximate surface area is 97.2 Å². The van der Waals surface area contributed by atoms with Gasteiger partial charge in [0.05, 0.1) is 0 Å². The van der Waals surface area contributed by atoms with Gasteiger partial charge in [0.2, 0.25) is 0 Å². The quantitative estimate of drug-likeness (QED) is 0.432. The summed E-state index contributed by atoms with van der Waals surface area (Å²) in [5.74, 6) is 0. The van der Waals surface area contributed by atoms with E-state index in [4.69, 9.17) is 21.8 Å². The molecule has 0 N–H and O–H groups in total. The van der Waals surface area contributed by atoms with Crippen molar-refractivity contribution in [3.63, 3.8) is 0 Å². The summed E-state index contributed by atoms with van der Waals surface area (Å²) in [6, 6.07) is 0.673. The van der Waals surface area contributed by atoms with Crippen molar-refractivity contribution >= 4 is 27.9 Å². The third kappa shape index (κ3) is 6.58. The molecule has 0 rings (SSSR count). The van der Waals surface area contributed by atoms with E-state index in [0.717, 1.165) is 0 Å². The molecule has 0 aromatic heterocycles. The van der Waals surface area contributed by atoms with Crippen LogP contribution in [-0.4, -0.2) is 55.8 Å². The Hall–Kier alpha value is 0.451. The zero-order valence-electron chi connectivity index (χ0n) is 10.2. The Balaban J connectivity index is 3.63. The largest absolute Gasteiger partial charge is 0.502 e. The summed E-state index contributed by atoms with van der Waals surface area (Å²) in [6.45, 7) is 4.86. The lowest BCUT2D eigenvalue weighted by Crippen LogP contribution is -2.43. The lowest BCUT2D eigenvalue weighted by Gasteiger charge is -2.24. The van der Waals surface area contributed by atoms with Crippen molar-refractivity contribution in [2.75, 3.05) is 27.9 Å². The average molecular weight is 271 g/mol. The minimum Gasteiger partial charge on any atom is -0.443 e. The third-order valence-corrected chi connectivity index (χ3v) is 8.32. The first-order valence-electron chi connectivity index (χ1n) is 4.95. The minimum absolute atomic E-state index is 0.592. The summed E-state index contributed by atoms with van der Waals surface area (Å²) in [4.78, 5) is 0. The van der Waals surface area contributed by atoms with E-state index < -0.39 is 27.9 Å². The highest BCUT2D eigenvalue weighted by Gasteiger charge is 2.37. The first-order valence-corrected chi connectivity index (χ1v) is 10.8. The van der Waals surface area contributed by atoms with Crippen LogP contribution >= 0.6 is 0 Å². The maximum Gasteiger partial charge on any atom is 0.502 e.